The summed E-state index contributed by atoms with van der Waals surface area (Å²) in [4.78, 5) is 42.4. The van der Waals surface area contributed by atoms with Crippen LogP contribution in [0.5, 0.6) is 0 Å². The van der Waals surface area contributed by atoms with E-state index in [0.717, 1.165) is 22.6 Å². The number of nitrogens with zero attached hydrogens (tertiary/aromatic N) is 1. The molecular weight excluding hydrogens is 422 g/mol. The normalized spacial score (nSPS) is 15.3. The van der Waals surface area contributed by atoms with Crippen molar-refractivity contribution in [1.29, 1.82) is 0 Å². The van der Waals surface area contributed by atoms with Crippen molar-refractivity contribution in [1.82, 2.24) is 15.2 Å². The molecular formula is C25H35N3O5. The Balaban J connectivity index is 1.45. The Morgan fingerprint density at radius 3 is 2.64 bits per heavy atom. The molecule has 0 saturated carbocycles. The van der Waals surface area contributed by atoms with Gasteiger partial charge in [0.1, 0.15) is 11.5 Å². The summed E-state index contributed by atoms with van der Waals surface area (Å²) in [6.45, 7) is 9.03. The number of rotatable bonds is 9. The molecule has 0 aromatic carbocycles. The predicted octanol–water partition coefficient (Wildman–Crippen LogP) is 3.32. The average Bonchev–Trinajstić information content (AvgIpc) is 3.39. The van der Waals surface area contributed by atoms with Gasteiger partial charge >= 0.3 is 5.97 Å². The Kier molecular flexibility index (Phi) is 8.36. The molecule has 8 nitrogen and oxygen atoms in total. The van der Waals surface area contributed by atoms with Gasteiger partial charge in [-0.15, -0.1) is 0 Å². The monoisotopic (exact) mass is 457 g/mol. The average molecular weight is 458 g/mol. The first-order valence-electron chi connectivity index (χ1n) is 11.8. The van der Waals surface area contributed by atoms with E-state index in [4.69, 9.17) is 9.15 Å². The molecule has 0 aliphatic carbocycles. The molecule has 0 spiro atoms. The van der Waals surface area contributed by atoms with Crippen molar-refractivity contribution in [3.8, 4) is 0 Å². The molecule has 180 valence electrons. The molecule has 0 bridgehead atoms. The van der Waals surface area contributed by atoms with E-state index in [1.807, 2.05) is 37.8 Å². The van der Waals surface area contributed by atoms with Crippen molar-refractivity contribution in [3.63, 3.8) is 0 Å². The van der Waals surface area contributed by atoms with Crippen LogP contribution in [0.3, 0.4) is 0 Å². The Hall–Kier alpha value is -3.03. The number of aromatic nitrogens is 1. The van der Waals surface area contributed by atoms with Gasteiger partial charge in [-0.25, -0.2) is 4.79 Å². The number of furan rings is 1. The van der Waals surface area contributed by atoms with Crippen LogP contribution < -0.4 is 5.32 Å². The van der Waals surface area contributed by atoms with Crippen molar-refractivity contribution in [2.75, 3.05) is 19.7 Å². The smallest absolute Gasteiger partial charge is 0.355 e. The first-order chi connectivity index (χ1) is 15.8. The molecule has 1 unspecified atom stereocenters. The maximum Gasteiger partial charge on any atom is 0.355 e. The lowest BCUT2D eigenvalue weighted by molar-refractivity contribution is -0.135. The number of aryl methyl sites for hydroxylation is 1. The lowest BCUT2D eigenvalue weighted by Crippen LogP contribution is -2.45. The standard InChI is InChI=1S/C25H35N3O5/c1-5-32-25(31)23-17(3)21(18(4)27-23)8-9-22(29)28-12-10-19(11-13-28)24(30)26-16(2)15-20-7-6-14-33-20/h6-7,14,16,19,27H,5,8-13,15H2,1-4H3,(H,26,30). The first kappa shape index (κ1) is 24.6. The van der Waals surface area contributed by atoms with E-state index in [1.165, 1.54) is 0 Å². The second-order valence-corrected chi connectivity index (χ2v) is 8.80. The van der Waals surface area contributed by atoms with Gasteiger partial charge in [0.25, 0.3) is 0 Å². The van der Waals surface area contributed by atoms with E-state index in [-0.39, 0.29) is 29.7 Å². The number of piperidine rings is 1. The molecule has 1 fully saturated rings. The zero-order chi connectivity index (χ0) is 24.0. The fraction of sp³-hybridized carbons (Fsp3) is 0.560. The van der Waals surface area contributed by atoms with Gasteiger partial charge in [-0.3, -0.25) is 9.59 Å². The fourth-order valence-electron chi connectivity index (χ4n) is 4.49. The molecule has 2 N–H and O–H groups in total. The molecule has 3 rings (SSSR count). The van der Waals surface area contributed by atoms with Crippen LogP contribution >= 0.6 is 0 Å². The van der Waals surface area contributed by atoms with Gasteiger partial charge in [0.15, 0.2) is 0 Å². The van der Waals surface area contributed by atoms with Gasteiger partial charge in [-0.1, -0.05) is 0 Å². The summed E-state index contributed by atoms with van der Waals surface area (Å²) in [6.07, 6.45) is 4.57. The van der Waals surface area contributed by atoms with E-state index >= 15 is 0 Å². The molecule has 1 aliphatic heterocycles. The number of H-pyrrole nitrogens is 1. The van der Waals surface area contributed by atoms with Crippen LogP contribution in [0, 0.1) is 19.8 Å². The largest absolute Gasteiger partial charge is 0.469 e. The summed E-state index contributed by atoms with van der Waals surface area (Å²) < 4.78 is 10.4. The summed E-state index contributed by atoms with van der Waals surface area (Å²) in [5, 5.41) is 3.07. The number of ether oxygens (including phenoxy) is 1. The summed E-state index contributed by atoms with van der Waals surface area (Å²) in [7, 11) is 0. The number of carbonyl (C=O) groups excluding carboxylic acids is 3. The van der Waals surface area contributed by atoms with Gasteiger partial charge < -0.3 is 24.4 Å². The second-order valence-electron chi connectivity index (χ2n) is 8.80. The SMILES string of the molecule is CCOC(=O)c1[nH]c(C)c(CCC(=O)N2CCC(C(=O)NC(C)Cc3ccco3)CC2)c1C. The van der Waals surface area contributed by atoms with Crippen LogP contribution in [-0.4, -0.2) is 53.4 Å². The minimum absolute atomic E-state index is 0.00404. The molecule has 2 amide bonds. The van der Waals surface area contributed by atoms with Gasteiger partial charge in [-0.05, 0) is 70.2 Å². The number of esters is 1. The van der Waals surface area contributed by atoms with Crippen molar-refractivity contribution >= 4 is 17.8 Å². The van der Waals surface area contributed by atoms with Crippen molar-refractivity contribution in [2.24, 2.45) is 5.92 Å². The molecule has 8 heteroatoms. The molecule has 3 heterocycles. The lowest BCUT2D eigenvalue weighted by Gasteiger charge is -2.32. The highest BCUT2D eigenvalue weighted by atomic mass is 16.5. The van der Waals surface area contributed by atoms with E-state index in [0.29, 0.717) is 57.5 Å². The highest BCUT2D eigenvalue weighted by Crippen LogP contribution is 2.22. The van der Waals surface area contributed by atoms with Gasteiger partial charge in [0.05, 0.1) is 12.9 Å². The van der Waals surface area contributed by atoms with E-state index in [9.17, 15) is 14.4 Å². The third-order valence-corrected chi connectivity index (χ3v) is 6.36. The van der Waals surface area contributed by atoms with Crippen LogP contribution in [-0.2, 0) is 27.2 Å². The molecule has 33 heavy (non-hydrogen) atoms. The van der Waals surface area contributed by atoms with Crippen molar-refractivity contribution in [2.45, 2.75) is 65.8 Å². The number of aromatic amines is 1. The number of carbonyl (C=O) groups is 3. The Morgan fingerprint density at radius 2 is 2.00 bits per heavy atom. The van der Waals surface area contributed by atoms with Gasteiger partial charge in [0, 0.05) is 43.6 Å². The third kappa shape index (κ3) is 6.27. The topological polar surface area (TPSA) is 105 Å². The van der Waals surface area contributed by atoms with Crippen LogP contribution in [0.2, 0.25) is 0 Å². The number of amides is 2. The molecule has 1 atom stereocenters. The Bertz CT molecular complexity index is 955. The van der Waals surface area contributed by atoms with Gasteiger partial charge in [0.2, 0.25) is 11.8 Å². The Morgan fingerprint density at radius 1 is 1.27 bits per heavy atom. The van der Waals surface area contributed by atoms with Crippen LogP contribution in [0.1, 0.15) is 66.2 Å². The lowest BCUT2D eigenvalue weighted by atomic mass is 9.95. The quantitative estimate of drug-likeness (QED) is 0.562. The zero-order valence-corrected chi connectivity index (χ0v) is 20.0. The zero-order valence-electron chi connectivity index (χ0n) is 20.0. The van der Waals surface area contributed by atoms with Crippen LogP contribution in [0.25, 0.3) is 0 Å². The summed E-state index contributed by atoms with van der Waals surface area (Å²) in [5.41, 5.74) is 3.19. The fourth-order valence-corrected chi connectivity index (χ4v) is 4.49. The Labute approximate surface area is 195 Å². The maximum absolute atomic E-state index is 12.8. The minimum atomic E-state index is -0.366. The maximum atomic E-state index is 12.8. The van der Waals surface area contributed by atoms with Crippen molar-refractivity contribution < 1.29 is 23.5 Å². The molecule has 2 aromatic rings. The number of likely N-dealkylation sites (tertiary alicyclic amines) is 1. The molecule has 1 aliphatic rings. The predicted molar refractivity (Wildman–Crippen MR) is 124 cm³/mol. The van der Waals surface area contributed by atoms with Crippen LogP contribution in [0.4, 0.5) is 0 Å². The minimum Gasteiger partial charge on any atom is -0.469 e. The van der Waals surface area contributed by atoms with E-state index in [2.05, 4.69) is 10.3 Å². The summed E-state index contributed by atoms with van der Waals surface area (Å²) >= 11 is 0. The molecule has 1 saturated heterocycles. The molecule has 0 radical (unpaired) electrons. The first-order valence-corrected chi connectivity index (χ1v) is 11.8. The van der Waals surface area contributed by atoms with Crippen LogP contribution in [0.15, 0.2) is 22.8 Å². The summed E-state index contributed by atoms with van der Waals surface area (Å²) in [5.74, 6) is 0.540. The van der Waals surface area contributed by atoms with E-state index < -0.39 is 0 Å². The third-order valence-electron chi connectivity index (χ3n) is 6.36. The summed E-state index contributed by atoms with van der Waals surface area (Å²) in [6, 6.07) is 3.74. The number of hydrogen-bond acceptors (Lipinski definition) is 5. The van der Waals surface area contributed by atoms with E-state index in [1.54, 1.807) is 13.2 Å². The molecule has 2 aromatic heterocycles. The number of hydrogen-bond donors (Lipinski definition) is 2. The van der Waals surface area contributed by atoms with Gasteiger partial charge in [-0.2, -0.15) is 0 Å². The highest BCUT2D eigenvalue weighted by Gasteiger charge is 2.28. The highest BCUT2D eigenvalue weighted by molar-refractivity contribution is 5.90. The van der Waals surface area contributed by atoms with Crippen molar-refractivity contribution in [3.05, 3.63) is 46.7 Å². The second kappa shape index (κ2) is 11.2. The number of nitrogens with one attached hydrogen (secondary N) is 2.